The molecule has 8 N–H and O–H groups in total. The number of benzene rings is 2. The summed E-state index contributed by atoms with van der Waals surface area (Å²) in [4.78, 5) is 1.79. The molecule has 0 unspecified atom stereocenters. The topological polar surface area (TPSA) is 184 Å². The van der Waals surface area contributed by atoms with Gasteiger partial charge in [0.25, 0.3) is 0 Å². The third kappa shape index (κ3) is 8.13. The lowest BCUT2D eigenvalue weighted by Gasteiger charge is -2.43. The molecule has 11 heteroatoms. The highest BCUT2D eigenvalue weighted by atomic mass is 16.7. The van der Waals surface area contributed by atoms with Crippen molar-refractivity contribution < 1.29 is 50.3 Å². The molecular formula is C28H39NO10. The van der Waals surface area contributed by atoms with E-state index in [1.807, 2.05) is 60.7 Å². The third-order valence-corrected chi connectivity index (χ3v) is 6.81. The summed E-state index contributed by atoms with van der Waals surface area (Å²) in [7, 11) is 1.75. The lowest BCUT2D eigenvalue weighted by atomic mass is 9.95. The molecule has 216 valence electrons. The van der Waals surface area contributed by atoms with Crippen molar-refractivity contribution in [1.29, 1.82) is 0 Å². The molecule has 2 aromatic carbocycles. The smallest absolute Gasteiger partial charge is 0.187 e. The molecule has 0 aromatic heterocycles. The standard InChI is InChI=1S/C28H39NO10/c1-29(14-18-10-6-3-7-11-18)19(13-12-17-8-4-2-5-9-17)22(33)25(36)27(20(32)15-30)39-28-26(37)24(35)23(34)21(16-31)38-28/h2-13,19-28,30-37H,14-16H2,1H3/t19-,20+,21+,22-,23+,24-,25+,26+,27+,28+/m0/s1. The zero-order chi connectivity index (χ0) is 28.5. The number of ether oxygens (including phenoxy) is 2. The number of likely N-dealkylation sites (N-methyl/N-ethyl adjacent to an activating group) is 1. The first kappa shape index (κ1) is 31.3. The van der Waals surface area contributed by atoms with Crippen molar-refractivity contribution >= 4 is 6.08 Å². The molecule has 10 atom stereocenters. The van der Waals surface area contributed by atoms with Crippen LogP contribution >= 0.6 is 0 Å². The van der Waals surface area contributed by atoms with Crippen LogP contribution in [0.2, 0.25) is 0 Å². The second-order valence-corrected chi connectivity index (χ2v) is 9.69. The van der Waals surface area contributed by atoms with Gasteiger partial charge in [0.15, 0.2) is 6.29 Å². The molecule has 1 saturated heterocycles. The van der Waals surface area contributed by atoms with Crippen molar-refractivity contribution in [1.82, 2.24) is 4.90 Å². The summed E-state index contributed by atoms with van der Waals surface area (Å²) in [5.74, 6) is 0. The van der Waals surface area contributed by atoms with Gasteiger partial charge in [-0.15, -0.1) is 0 Å². The first-order valence-corrected chi connectivity index (χ1v) is 12.8. The number of rotatable bonds is 13. The Labute approximate surface area is 227 Å². The van der Waals surface area contributed by atoms with E-state index in [0.29, 0.717) is 6.54 Å². The molecule has 39 heavy (non-hydrogen) atoms. The number of aliphatic hydroxyl groups excluding tert-OH is 8. The molecule has 1 fully saturated rings. The summed E-state index contributed by atoms with van der Waals surface area (Å²) in [6.45, 7) is -1.18. The van der Waals surface area contributed by atoms with Gasteiger partial charge in [-0.1, -0.05) is 72.8 Å². The second kappa shape index (κ2) is 14.9. The molecule has 0 aliphatic carbocycles. The Hall–Kier alpha value is -2.26. The number of aliphatic hydroxyl groups is 8. The second-order valence-electron chi connectivity index (χ2n) is 9.69. The van der Waals surface area contributed by atoms with Crippen molar-refractivity contribution in [2.24, 2.45) is 0 Å². The Bertz CT molecular complexity index is 994. The molecule has 0 bridgehead atoms. The Morgan fingerprint density at radius 3 is 2.08 bits per heavy atom. The lowest BCUT2D eigenvalue weighted by molar-refractivity contribution is -0.327. The monoisotopic (exact) mass is 549 g/mol. The van der Waals surface area contributed by atoms with Crippen LogP contribution < -0.4 is 0 Å². The zero-order valence-corrected chi connectivity index (χ0v) is 21.7. The molecule has 11 nitrogen and oxygen atoms in total. The molecule has 1 heterocycles. The highest BCUT2D eigenvalue weighted by Crippen LogP contribution is 2.26. The summed E-state index contributed by atoms with van der Waals surface area (Å²) in [6.07, 6.45) is -11.5. The quantitative estimate of drug-likeness (QED) is 0.145. The molecule has 1 aliphatic rings. The predicted octanol–water partition coefficient (Wildman–Crippen LogP) is -1.54. The van der Waals surface area contributed by atoms with Gasteiger partial charge in [0.2, 0.25) is 0 Å². The van der Waals surface area contributed by atoms with Gasteiger partial charge in [-0.3, -0.25) is 4.90 Å². The maximum Gasteiger partial charge on any atom is 0.187 e. The SMILES string of the molecule is CN(Cc1ccccc1)[C@@H](C=Cc1ccccc1)[C@H](O)[C@@H](O)[C@H](O[C@H]1O[C@H](CO)[C@@H](O)[C@H](O)[C@H]1O)[C@H](O)CO. The average Bonchev–Trinajstić information content (AvgIpc) is 2.96. The number of hydrogen-bond acceptors (Lipinski definition) is 11. The van der Waals surface area contributed by atoms with E-state index in [4.69, 9.17) is 9.47 Å². The largest absolute Gasteiger partial charge is 0.394 e. The first-order chi connectivity index (χ1) is 18.7. The van der Waals surface area contributed by atoms with Crippen molar-refractivity contribution in [3.63, 3.8) is 0 Å². The molecule has 3 rings (SSSR count). The Morgan fingerprint density at radius 2 is 1.49 bits per heavy atom. The van der Waals surface area contributed by atoms with Gasteiger partial charge < -0.3 is 50.3 Å². The van der Waals surface area contributed by atoms with Crippen LogP contribution in [0.3, 0.4) is 0 Å². The Kier molecular flexibility index (Phi) is 12.0. The fraction of sp³-hybridized carbons (Fsp3) is 0.500. The maximum atomic E-state index is 11.4. The van der Waals surface area contributed by atoms with E-state index >= 15 is 0 Å². The number of hydrogen-bond donors (Lipinski definition) is 8. The maximum absolute atomic E-state index is 11.4. The fourth-order valence-corrected chi connectivity index (χ4v) is 4.51. The van der Waals surface area contributed by atoms with Crippen molar-refractivity contribution in [2.45, 2.75) is 67.7 Å². The van der Waals surface area contributed by atoms with E-state index in [1.165, 1.54) is 0 Å². The van der Waals surface area contributed by atoms with Crippen LogP contribution in [-0.4, -0.2) is 127 Å². The van der Waals surface area contributed by atoms with E-state index in [-0.39, 0.29) is 0 Å². The van der Waals surface area contributed by atoms with Gasteiger partial charge >= 0.3 is 0 Å². The molecule has 0 saturated carbocycles. The van der Waals surface area contributed by atoms with Crippen LogP contribution in [0, 0.1) is 0 Å². The van der Waals surface area contributed by atoms with Gasteiger partial charge in [-0.05, 0) is 18.2 Å². The molecule has 1 aliphatic heterocycles. The van der Waals surface area contributed by atoms with Crippen LogP contribution in [0.1, 0.15) is 11.1 Å². The predicted molar refractivity (Wildman–Crippen MR) is 141 cm³/mol. The van der Waals surface area contributed by atoms with E-state index in [2.05, 4.69) is 0 Å². The summed E-state index contributed by atoms with van der Waals surface area (Å²) in [6, 6.07) is 18.0. The molecule has 0 amide bonds. The highest BCUT2D eigenvalue weighted by molar-refractivity contribution is 5.49. The first-order valence-electron chi connectivity index (χ1n) is 12.8. The number of nitrogens with zero attached hydrogens (tertiary/aromatic N) is 1. The Balaban J connectivity index is 1.86. The van der Waals surface area contributed by atoms with Crippen molar-refractivity contribution in [2.75, 3.05) is 20.3 Å². The van der Waals surface area contributed by atoms with Gasteiger partial charge in [-0.25, -0.2) is 0 Å². The van der Waals surface area contributed by atoms with Crippen LogP contribution in [-0.2, 0) is 16.0 Å². The molecule has 2 aromatic rings. The lowest BCUT2D eigenvalue weighted by Crippen LogP contribution is -2.62. The van der Waals surface area contributed by atoms with E-state index in [1.54, 1.807) is 24.1 Å². The van der Waals surface area contributed by atoms with Gasteiger partial charge in [-0.2, -0.15) is 0 Å². The third-order valence-electron chi connectivity index (χ3n) is 6.81. The minimum atomic E-state index is -1.82. The van der Waals surface area contributed by atoms with Crippen molar-refractivity contribution in [3.8, 4) is 0 Å². The highest BCUT2D eigenvalue weighted by Gasteiger charge is 2.47. The van der Waals surface area contributed by atoms with Crippen LogP contribution in [0.25, 0.3) is 6.08 Å². The average molecular weight is 550 g/mol. The van der Waals surface area contributed by atoms with E-state index in [0.717, 1.165) is 11.1 Å². The van der Waals surface area contributed by atoms with Crippen LogP contribution in [0.15, 0.2) is 66.7 Å². The molecule has 0 spiro atoms. The molecular weight excluding hydrogens is 510 g/mol. The summed E-state index contributed by atoms with van der Waals surface area (Å²) in [5, 5.41) is 82.6. The van der Waals surface area contributed by atoms with Crippen LogP contribution in [0.4, 0.5) is 0 Å². The summed E-state index contributed by atoms with van der Waals surface area (Å²) in [5.41, 5.74) is 1.80. The Morgan fingerprint density at radius 1 is 0.872 bits per heavy atom. The minimum absolute atomic E-state index is 0.398. The minimum Gasteiger partial charge on any atom is -0.394 e. The van der Waals surface area contributed by atoms with Gasteiger partial charge in [0.05, 0.1) is 19.3 Å². The summed E-state index contributed by atoms with van der Waals surface area (Å²) >= 11 is 0. The normalized spacial score (nSPS) is 27.8. The summed E-state index contributed by atoms with van der Waals surface area (Å²) < 4.78 is 10.9. The van der Waals surface area contributed by atoms with Gasteiger partial charge in [0, 0.05) is 6.54 Å². The fourth-order valence-electron chi connectivity index (χ4n) is 4.51. The van der Waals surface area contributed by atoms with Crippen LogP contribution in [0.5, 0.6) is 0 Å². The molecule has 0 radical (unpaired) electrons. The van der Waals surface area contributed by atoms with Gasteiger partial charge in [0.1, 0.15) is 48.8 Å². The zero-order valence-electron chi connectivity index (χ0n) is 21.7. The van der Waals surface area contributed by atoms with Crippen molar-refractivity contribution in [3.05, 3.63) is 77.9 Å². The van der Waals surface area contributed by atoms with E-state index in [9.17, 15) is 40.9 Å². The van der Waals surface area contributed by atoms with E-state index < -0.39 is 74.4 Å².